The van der Waals surface area contributed by atoms with Crippen molar-refractivity contribution in [3.05, 3.63) is 46.6 Å². The van der Waals surface area contributed by atoms with E-state index in [0.29, 0.717) is 36.9 Å². The molecule has 1 N–H and O–H groups in total. The molecule has 3 aliphatic heterocycles. The SMILES string of the molecule is CN1C[C@@H](Nc2nc(N3CC=C(c4ccc(Cl)cc4)CC3)nc3c2[S+]([O-])CC3)CCC1=O. The Balaban J connectivity index is 1.37. The van der Waals surface area contributed by atoms with Crippen LogP contribution < -0.4 is 10.2 Å². The van der Waals surface area contributed by atoms with E-state index in [1.54, 1.807) is 4.90 Å². The van der Waals surface area contributed by atoms with Crippen LogP contribution in [0.15, 0.2) is 35.2 Å². The monoisotopic (exact) mass is 471 g/mol. The summed E-state index contributed by atoms with van der Waals surface area (Å²) in [4.78, 5) is 26.1. The maximum Gasteiger partial charge on any atom is 0.228 e. The number of piperidine rings is 1. The number of carbonyl (C=O) groups excluding carboxylic acids is 1. The van der Waals surface area contributed by atoms with Crippen LogP contribution in [0.3, 0.4) is 0 Å². The van der Waals surface area contributed by atoms with Gasteiger partial charge in [0, 0.05) is 50.6 Å². The van der Waals surface area contributed by atoms with Gasteiger partial charge in [-0.3, -0.25) is 4.79 Å². The Bertz CT molecular complexity index is 1060. The topological polar surface area (TPSA) is 84.4 Å². The molecule has 1 amide bonds. The Kier molecular flexibility index (Phi) is 6.01. The second-order valence-electron chi connectivity index (χ2n) is 8.53. The van der Waals surface area contributed by atoms with E-state index in [2.05, 4.69) is 28.4 Å². The summed E-state index contributed by atoms with van der Waals surface area (Å²) < 4.78 is 12.6. The third-order valence-corrected chi connectivity index (χ3v) is 8.06. The van der Waals surface area contributed by atoms with Gasteiger partial charge in [0.05, 0.1) is 0 Å². The van der Waals surface area contributed by atoms with Gasteiger partial charge in [-0.15, -0.1) is 0 Å². The number of halogens is 1. The molecule has 0 saturated carbocycles. The molecule has 7 nitrogen and oxygen atoms in total. The number of nitrogens with zero attached hydrogens (tertiary/aromatic N) is 4. The fourth-order valence-corrected chi connectivity index (χ4v) is 5.96. The zero-order chi connectivity index (χ0) is 22.2. The van der Waals surface area contributed by atoms with Gasteiger partial charge in [-0.1, -0.05) is 29.8 Å². The van der Waals surface area contributed by atoms with E-state index in [1.165, 1.54) is 11.1 Å². The van der Waals surface area contributed by atoms with Gasteiger partial charge >= 0.3 is 0 Å². The highest BCUT2D eigenvalue weighted by molar-refractivity contribution is 7.91. The maximum atomic E-state index is 12.6. The Labute approximate surface area is 196 Å². The summed E-state index contributed by atoms with van der Waals surface area (Å²) in [6.45, 7) is 2.16. The van der Waals surface area contributed by atoms with Crippen LogP contribution in [0, 0.1) is 0 Å². The average molecular weight is 472 g/mol. The normalized spacial score (nSPS) is 23.2. The fraction of sp³-hybridized carbons (Fsp3) is 0.435. The molecule has 5 rings (SSSR count). The molecule has 1 aromatic carbocycles. The van der Waals surface area contributed by atoms with Crippen molar-refractivity contribution in [1.29, 1.82) is 0 Å². The molecule has 1 fully saturated rings. The number of aryl methyl sites for hydroxylation is 1. The molecule has 1 aromatic heterocycles. The summed E-state index contributed by atoms with van der Waals surface area (Å²) in [5.74, 6) is 2.10. The Hall–Kier alpha value is -2.29. The van der Waals surface area contributed by atoms with Crippen LogP contribution in [0.5, 0.6) is 0 Å². The molecular weight excluding hydrogens is 446 g/mol. The van der Waals surface area contributed by atoms with Crippen molar-refractivity contribution < 1.29 is 9.35 Å². The number of anilines is 2. The van der Waals surface area contributed by atoms with Gasteiger partial charge < -0.3 is 19.7 Å². The molecule has 0 bridgehead atoms. The van der Waals surface area contributed by atoms with Gasteiger partial charge in [-0.25, -0.2) is 4.98 Å². The first-order chi connectivity index (χ1) is 15.5. The van der Waals surface area contributed by atoms with Crippen molar-refractivity contribution in [2.75, 3.05) is 42.7 Å². The zero-order valence-electron chi connectivity index (χ0n) is 18.0. The first kappa shape index (κ1) is 21.6. The highest BCUT2D eigenvalue weighted by atomic mass is 35.5. The van der Waals surface area contributed by atoms with Crippen LogP contribution >= 0.6 is 11.6 Å². The second-order valence-corrected chi connectivity index (χ2v) is 10.5. The highest BCUT2D eigenvalue weighted by Crippen LogP contribution is 2.34. The lowest BCUT2D eigenvalue weighted by atomic mass is 10.00. The maximum absolute atomic E-state index is 12.6. The van der Waals surface area contributed by atoms with Crippen LogP contribution in [0.4, 0.5) is 11.8 Å². The van der Waals surface area contributed by atoms with E-state index in [-0.39, 0.29) is 11.9 Å². The minimum atomic E-state index is -1.08. The first-order valence-corrected chi connectivity index (χ1v) is 12.7. The molecule has 0 aliphatic carbocycles. The lowest BCUT2D eigenvalue weighted by Crippen LogP contribution is -2.43. The number of likely N-dealkylation sites (N-methyl/N-ethyl adjacent to an activating group) is 1. The van der Waals surface area contributed by atoms with Crippen molar-refractivity contribution in [3.8, 4) is 0 Å². The first-order valence-electron chi connectivity index (χ1n) is 11.0. The lowest BCUT2D eigenvalue weighted by Gasteiger charge is -2.31. The molecule has 0 spiro atoms. The summed E-state index contributed by atoms with van der Waals surface area (Å²) >= 11 is 4.93. The lowest BCUT2D eigenvalue weighted by molar-refractivity contribution is -0.132. The van der Waals surface area contributed by atoms with E-state index in [9.17, 15) is 9.35 Å². The Morgan fingerprint density at radius 3 is 2.72 bits per heavy atom. The number of carbonyl (C=O) groups is 1. The summed E-state index contributed by atoms with van der Waals surface area (Å²) in [6.07, 6.45) is 5.08. The summed E-state index contributed by atoms with van der Waals surface area (Å²) in [7, 11) is 1.82. The number of benzene rings is 1. The fourth-order valence-electron chi connectivity index (χ4n) is 4.52. The zero-order valence-corrected chi connectivity index (χ0v) is 19.6. The Morgan fingerprint density at radius 2 is 2.00 bits per heavy atom. The number of amides is 1. The number of hydrogen-bond donors (Lipinski definition) is 1. The minimum Gasteiger partial charge on any atom is -0.611 e. The number of fused-ring (bicyclic) bond motifs is 1. The number of nitrogens with one attached hydrogen (secondary N) is 1. The van der Waals surface area contributed by atoms with Crippen molar-refractivity contribution >= 4 is 46.0 Å². The van der Waals surface area contributed by atoms with Gasteiger partial charge in [0.15, 0.2) is 5.82 Å². The van der Waals surface area contributed by atoms with Gasteiger partial charge in [0.2, 0.25) is 16.8 Å². The molecule has 9 heteroatoms. The molecule has 3 aliphatic rings. The van der Waals surface area contributed by atoms with Gasteiger partial charge in [-0.05, 0) is 47.3 Å². The predicted octanol–water partition coefficient (Wildman–Crippen LogP) is 3.12. The van der Waals surface area contributed by atoms with Gasteiger partial charge in [-0.2, -0.15) is 4.98 Å². The third-order valence-electron chi connectivity index (χ3n) is 6.35. The van der Waals surface area contributed by atoms with Crippen LogP contribution in [-0.2, 0) is 22.4 Å². The van der Waals surface area contributed by atoms with Crippen molar-refractivity contribution in [1.82, 2.24) is 14.9 Å². The minimum absolute atomic E-state index is 0.0971. The van der Waals surface area contributed by atoms with E-state index in [0.717, 1.165) is 41.5 Å². The van der Waals surface area contributed by atoms with E-state index in [1.807, 2.05) is 19.2 Å². The molecule has 168 valence electrons. The van der Waals surface area contributed by atoms with E-state index >= 15 is 0 Å². The molecule has 32 heavy (non-hydrogen) atoms. The molecule has 1 unspecified atom stereocenters. The number of aromatic nitrogens is 2. The molecule has 1 saturated heterocycles. The molecule has 0 radical (unpaired) electrons. The highest BCUT2D eigenvalue weighted by Gasteiger charge is 2.34. The number of hydrogen-bond acceptors (Lipinski definition) is 6. The Morgan fingerprint density at radius 1 is 1.19 bits per heavy atom. The van der Waals surface area contributed by atoms with Crippen molar-refractivity contribution in [2.24, 2.45) is 0 Å². The van der Waals surface area contributed by atoms with Crippen LogP contribution in [0.1, 0.15) is 30.5 Å². The smallest absolute Gasteiger partial charge is 0.228 e. The van der Waals surface area contributed by atoms with Gasteiger partial charge in [0.25, 0.3) is 0 Å². The average Bonchev–Trinajstić information content (AvgIpc) is 3.18. The molecular formula is C23H26ClN5O2S. The number of rotatable bonds is 4. The van der Waals surface area contributed by atoms with Crippen LogP contribution in [-0.4, -0.2) is 63.8 Å². The molecule has 2 aromatic rings. The quantitative estimate of drug-likeness (QED) is 0.690. The van der Waals surface area contributed by atoms with Gasteiger partial charge in [0.1, 0.15) is 11.4 Å². The van der Waals surface area contributed by atoms with Crippen LogP contribution in [0.2, 0.25) is 5.02 Å². The van der Waals surface area contributed by atoms with Crippen molar-refractivity contribution in [3.63, 3.8) is 0 Å². The standard InChI is InChI=1S/C23H26ClN5O2S/c1-28-14-18(6-7-20(28)30)25-22-21-19(10-13-32(21)31)26-23(27-22)29-11-8-16(9-12-29)15-2-4-17(24)5-3-15/h2-5,8,18H,6-7,9-14H2,1H3,(H,25,26,27)/t18-,32?/m0/s1. The van der Waals surface area contributed by atoms with E-state index in [4.69, 9.17) is 21.6 Å². The van der Waals surface area contributed by atoms with Crippen LogP contribution in [0.25, 0.3) is 5.57 Å². The third kappa shape index (κ3) is 4.31. The second kappa shape index (κ2) is 8.92. The summed E-state index contributed by atoms with van der Waals surface area (Å²) in [5.41, 5.74) is 3.37. The molecule has 2 atom stereocenters. The molecule has 4 heterocycles. The largest absolute Gasteiger partial charge is 0.611 e. The van der Waals surface area contributed by atoms with E-state index < -0.39 is 11.2 Å². The van der Waals surface area contributed by atoms with Crippen molar-refractivity contribution in [2.45, 2.75) is 36.6 Å². The number of likely N-dealkylation sites (tertiary alicyclic amines) is 1. The summed E-state index contributed by atoms with van der Waals surface area (Å²) in [6, 6.07) is 8.04. The predicted molar refractivity (Wildman–Crippen MR) is 128 cm³/mol. The summed E-state index contributed by atoms with van der Waals surface area (Å²) in [5, 5.41) is 4.23.